The Hall–Kier alpha value is -2.37. The second-order valence-electron chi connectivity index (χ2n) is 4.71. The fraction of sp³-hybridized carbons (Fsp3) is 0.357. The zero-order chi connectivity index (χ0) is 13.9. The van der Waals surface area contributed by atoms with Crippen LogP contribution in [0.5, 0.6) is 11.5 Å². The number of aryl methyl sites for hydroxylation is 1. The maximum Gasteiger partial charge on any atom is 0.163 e. The molecule has 6 nitrogen and oxygen atoms in total. The molecule has 106 valence electrons. The van der Waals surface area contributed by atoms with E-state index < -0.39 is 0 Å². The summed E-state index contributed by atoms with van der Waals surface area (Å²) in [6, 6.07) is 3.69. The standard InChI is InChI=1S/C14H18N4O2/c1-18-5-4-17-14(18)2-3-16-11-9-13-12(8-10(11)15)19-6-7-20-13/h4-5,8-9,16H,2-3,6-7,15H2,1H3. The van der Waals surface area contributed by atoms with Crippen molar-refractivity contribution in [3.63, 3.8) is 0 Å². The first-order valence-electron chi connectivity index (χ1n) is 6.63. The van der Waals surface area contributed by atoms with E-state index in [4.69, 9.17) is 15.2 Å². The molecule has 0 saturated carbocycles. The van der Waals surface area contributed by atoms with Gasteiger partial charge in [-0.1, -0.05) is 0 Å². The molecule has 0 fully saturated rings. The molecule has 2 heterocycles. The number of ether oxygens (including phenoxy) is 2. The van der Waals surface area contributed by atoms with Crippen LogP contribution in [0, 0.1) is 0 Å². The minimum Gasteiger partial charge on any atom is -0.486 e. The van der Waals surface area contributed by atoms with Gasteiger partial charge in [0.05, 0.1) is 11.4 Å². The Labute approximate surface area is 117 Å². The monoisotopic (exact) mass is 274 g/mol. The number of anilines is 2. The SMILES string of the molecule is Cn1ccnc1CCNc1cc2c(cc1N)OCCO2. The second-order valence-corrected chi connectivity index (χ2v) is 4.71. The van der Waals surface area contributed by atoms with E-state index in [1.165, 1.54) is 0 Å². The molecule has 0 spiro atoms. The zero-order valence-corrected chi connectivity index (χ0v) is 11.4. The lowest BCUT2D eigenvalue weighted by molar-refractivity contribution is 0.172. The number of nitrogens with two attached hydrogens (primary N) is 1. The van der Waals surface area contributed by atoms with Gasteiger partial charge in [-0.05, 0) is 0 Å². The quantitative estimate of drug-likeness (QED) is 0.825. The van der Waals surface area contributed by atoms with Crippen LogP contribution >= 0.6 is 0 Å². The van der Waals surface area contributed by atoms with E-state index in [9.17, 15) is 0 Å². The smallest absolute Gasteiger partial charge is 0.163 e. The third-order valence-electron chi connectivity index (χ3n) is 3.30. The van der Waals surface area contributed by atoms with E-state index >= 15 is 0 Å². The average Bonchev–Trinajstić information content (AvgIpc) is 2.85. The van der Waals surface area contributed by atoms with E-state index in [1.807, 2.05) is 23.9 Å². The normalized spacial score (nSPS) is 13.2. The molecule has 3 N–H and O–H groups in total. The molecule has 1 aromatic carbocycles. The molecule has 1 aliphatic rings. The maximum absolute atomic E-state index is 6.02. The molecule has 2 aromatic rings. The Morgan fingerprint density at radius 2 is 2.05 bits per heavy atom. The highest BCUT2D eigenvalue weighted by atomic mass is 16.6. The lowest BCUT2D eigenvalue weighted by atomic mass is 10.2. The van der Waals surface area contributed by atoms with Gasteiger partial charge in [-0.15, -0.1) is 0 Å². The Bertz CT molecular complexity index is 609. The van der Waals surface area contributed by atoms with Gasteiger partial charge in [0.2, 0.25) is 0 Å². The third-order valence-corrected chi connectivity index (χ3v) is 3.30. The first-order chi connectivity index (χ1) is 9.74. The molecule has 0 aliphatic carbocycles. The molecule has 6 heteroatoms. The maximum atomic E-state index is 6.02. The topological polar surface area (TPSA) is 74.3 Å². The van der Waals surface area contributed by atoms with Crippen molar-refractivity contribution in [2.75, 3.05) is 30.8 Å². The molecule has 0 saturated heterocycles. The van der Waals surface area contributed by atoms with Gasteiger partial charge in [-0.25, -0.2) is 4.98 Å². The van der Waals surface area contributed by atoms with Gasteiger partial charge in [0.1, 0.15) is 19.0 Å². The highest BCUT2D eigenvalue weighted by molar-refractivity contribution is 5.72. The number of hydrogen-bond donors (Lipinski definition) is 2. The lowest BCUT2D eigenvalue weighted by Gasteiger charge is -2.20. The number of hydrogen-bond acceptors (Lipinski definition) is 5. The summed E-state index contributed by atoms with van der Waals surface area (Å²) in [6.45, 7) is 1.90. The molecule has 0 bridgehead atoms. The summed E-state index contributed by atoms with van der Waals surface area (Å²) in [6.07, 6.45) is 4.57. The summed E-state index contributed by atoms with van der Waals surface area (Å²) in [5.74, 6) is 2.49. The Morgan fingerprint density at radius 1 is 1.30 bits per heavy atom. The van der Waals surface area contributed by atoms with Crippen LogP contribution < -0.4 is 20.5 Å². The van der Waals surface area contributed by atoms with E-state index in [0.717, 1.165) is 30.2 Å². The molecule has 0 unspecified atom stereocenters. The number of fused-ring (bicyclic) bond motifs is 1. The largest absolute Gasteiger partial charge is 0.486 e. The van der Waals surface area contributed by atoms with Crippen LogP contribution in [0.25, 0.3) is 0 Å². The molecular weight excluding hydrogens is 256 g/mol. The molecular formula is C14H18N4O2. The van der Waals surface area contributed by atoms with Gasteiger partial charge in [0.15, 0.2) is 11.5 Å². The van der Waals surface area contributed by atoms with E-state index in [2.05, 4.69) is 10.3 Å². The Balaban J connectivity index is 1.67. The van der Waals surface area contributed by atoms with Crippen LogP contribution in [0.3, 0.4) is 0 Å². The van der Waals surface area contributed by atoms with Crippen LogP contribution in [-0.4, -0.2) is 29.3 Å². The fourth-order valence-electron chi connectivity index (χ4n) is 2.20. The molecule has 3 rings (SSSR count). The first kappa shape index (κ1) is 12.7. The lowest BCUT2D eigenvalue weighted by Crippen LogP contribution is -2.16. The third kappa shape index (κ3) is 2.49. The highest BCUT2D eigenvalue weighted by Gasteiger charge is 2.14. The molecule has 1 aliphatic heterocycles. The van der Waals surface area contributed by atoms with Gasteiger partial charge < -0.3 is 25.1 Å². The van der Waals surface area contributed by atoms with E-state index in [-0.39, 0.29) is 0 Å². The van der Waals surface area contributed by atoms with Gasteiger partial charge in [0, 0.05) is 44.5 Å². The van der Waals surface area contributed by atoms with Crippen molar-refractivity contribution in [3.8, 4) is 11.5 Å². The number of nitrogens with one attached hydrogen (secondary N) is 1. The van der Waals surface area contributed by atoms with Gasteiger partial charge in [-0.3, -0.25) is 0 Å². The molecule has 0 radical (unpaired) electrons. The van der Waals surface area contributed by atoms with Gasteiger partial charge >= 0.3 is 0 Å². The number of benzene rings is 1. The van der Waals surface area contributed by atoms with Crippen LogP contribution in [-0.2, 0) is 13.5 Å². The first-order valence-corrected chi connectivity index (χ1v) is 6.63. The molecule has 0 atom stereocenters. The van der Waals surface area contributed by atoms with E-state index in [0.29, 0.717) is 24.7 Å². The van der Waals surface area contributed by atoms with Crippen molar-refractivity contribution in [1.82, 2.24) is 9.55 Å². The van der Waals surface area contributed by atoms with Crippen molar-refractivity contribution in [2.24, 2.45) is 7.05 Å². The van der Waals surface area contributed by atoms with E-state index in [1.54, 1.807) is 12.3 Å². The predicted molar refractivity (Wildman–Crippen MR) is 77.2 cm³/mol. The number of nitrogens with zero attached hydrogens (tertiary/aromatic N) is 2. The fourth-order valence-corrected chi connectivity index (χ4v) is 2.20. The molecule has 20 heavy (non-hydrogen) atoms. The second kappa shape index (κ2) is 5.32. The average molecular weight is 274 g/mol. The number of imidazole rings is 1. The predicted octanol–water partition coefficient (Wildman–Crippen LogP) is 1.43. The van der Waals surface area contributed by atoms with Gasteiger partial charge in [0.25, 0.3) is 0 Å². The summed E-state index contributed by atoms with van der Waals surface area (Å²) in [7, 11) is 1.99. The minimum absolute atomic E-state index is 0.568. The number of nitrogen functional groups attached to an aromatic ring is 1. The zero-order valence-electron chi connectivity index (χ0n) is 11.4. The van der Waals surface area contributed by atoms with Crippen LogP contribution in [0.1, 0.15) is 5.82 Å². The summed E-state index contributed by atoms with van der Waals surface area (Å²) < 4.78 is 13.1. The van der Waals surface area contributed by atoms with Crippen molar-refractivity contribution in [3.05, 3.63) is 30.4 Å². The van der Waals surface area contributed by atoms with Crippen LogP contribution in [0.2, 0.25) is 0 Å². The van der Waals surface area contributed by atoms with Crippen molar-refractivity contribution < 1.29 is 9.47 Å². The van der Waals surface area contributed by atoms with Crippen molar-refractivity contribution >= 4 is 11.4 Å². The van der Waals surface area contributed by atoms with Crippen molar-refractivity contribution in [1.29, 1.82) is 0 Å². The summed E-state index contributed by atoms with van der Waals surface area (Å²) in [4.78, 5) is 4.29. The number of rotatable bonds is 4. The molecule has 0 amide bonds. The Kier molecular flexibility index (Phi) is 3.37. The Morgan fingerprint density at radius 3 is 2.75 bits per heavy atom. The minimum atomic E-state index is 0.568. The highest BCUT2D eigenvalue weighted by Crippen LogP contribution is 2.36. The summed E-state index contributed by atoms with van der Waals surface area (Å²) in [5.41, 5.74) is 7.54. The van der Waals surface area contributed by atoms with Crippen molar-refractivity contribution in [2.45, 2.75) is 6.42 Å². The molecule has 1 aromatic heterocycles. The van der Waals surface area contributed by atoms with Crippen LogP contribution in [0.15, 0.2) is 24.5 Å². The van der Waals surface area contributed by atoms with Gasteiger partial charge in [-0.2, -0.15) is 0 Å². The number of aromatic nitrogens is 2. The van der Waals surface area contributed by atoms with Crippen LogP contribution in [0.4, 0.5) is 11.4 Å². The summed E-state index contributed by atoms with van der Waals surface area (Å²) in [5, 5.41) is 3.31. The summed E-state index contributed by atoms with van der Waals surface area (Å²) >= 11 is 0.